The molecule has 1 amide bonds. The molecule has 0 unspecified atom stereocenters. The van der Waals surface area contributed by atoms with E-state index >= 15 is 0 Å². The van der Waals surface area contributed by atoms with Crippen molar-refractivity contribution in [1.29, 1.82) is 0 Å². The van der Waals surface area contributed by atoms with Gasteiger partial charge in [-0.05, 0) is 17.7 Å². The number of amides is 1. The van der Waals surface area contributed by atoms with Crippen LogP contribution in [0.2, 0.25) is 0 Å². The topological polar surface area (TPSA) is 110 Å². The first kappa shape index (κ1) is 13.8. The predicted octanol–water partition coefficient (Wildman–Crippen LogP) is 1.72. The second-order valence-electron chi connectivity index (χ2n) is 4.51. The summed E-state index contributed by atoms with van der Waals surface area (Å²) in [5.41, 5.74) is 6.94. The molecule has 4 N–H and O–H groups in total. The maximum absolute atomic E-state index is 12.8. The molecule has 0 atom stereocenters. The fraction of sp³-hybridized carbons (Fsp3) is 0.0714. The summed E-state index contributed by atoms with van der Waals surface area (Å²) in [6.07, 6.45) is 2.64. The fourth-order valence-electron chi connectivity index (χ4n) is 1.84. The van der Waals surface area contributed by atoms with Gasteiger partial charge in [0.15, 0.2) is 11.5 Å². The molecule has 22 heavy (non-hydrogen) atoms. The van der Waals surface area contributed by atoms with Crippen LogP contribution in [-0.4, -0.2) is 20.9 Å². The minimum atomic E-state index is -0.405. The van der Waals surface area contributed by atoms with E-state index in [1.54, 1.807) is 12.1 Å². The third-order valence-electron chi connectivity index (χ3n) is 2.99. The molecule has 112 valence electrons. The van der Waals surface area contributed by atoms with Crippen molar-refractivity contribution in [3.8, 4) is 11.6 Å². The number of aromatic nitrogens is 3. The van der Waals surface area contributed by atoms with Crippen LogP contribution in [0, 0.1) is 5.82 Å². The zero-order chi connectivity index (χ0) is 15.5. The van der Waals surface area contributed by atoms with Gasteiger partial charge in [-0.1, -0.05) is 12.1 Å². The van der Waals surface area contributed by atoms with Crippen LogP contribution in [0.5, 0.6) is 0 Å². The number of nitrogen functional groups attached to an aromatic ring is 1. The highest BCUT2D eigenvalue weighted by atomic mass is 19.1. The molecular formula is C14H12FN5O2. The number of oxazole rings is 1. The minimum Gasteiger partial charge on any atom is -0.442 e. The molecule has 2 heterocycles. The van der Waals surface area contributed by atoms with Gasteiger partial charge < -0.3 is 20.5 Å². The van der Waals surface area contributed by atoms with Gasteiger partial charge in [0.25, 0.3) is 5.91 Å². The number of nitrogens with one attached hydrogen (secondary N) is 2. The van der Waals surface area contributed by atoms with Gasteiger partial charge in [-0.2, -0.15) is 0 Å². The van der Waals surface area contributed by atoms with Crippen molar-refractivity contribution >= 4 is 11.7 Å². The van der Waals surface area contributed by atoms with Crippen molar-refractivity contribution < 1.29 is 13.6 Å². The minimum absolute atomic E-state index is 0.117. The Balaban J connectivity index is 1.67. The maximum atomic E-state index is 12.8. The number of hydrogen-bond donors (Lipinski definition) is 3. The van der Waals surface area contributed by atoms with Gasteiger partial charge in [0.2, 0.25) is 5.89 Å². The largest absolute Gasteiger partial charge is 0.442 e. The molecule has 0 bridgehead atoms. The highest BCUT2D eigenvalue weighted by molar-refractivity contribution is 5.92. The average molecular weight is 301 g/mol. The first-order valence-electron chi connectivity index (χ1n) is 6.41. The molecule has 0 aliphatic rings. The Labute approximate surface area is 124 Å². The lowest BCUT2D eigenvalue weighted by molar-refractivity contribution is 0.0946. The lowest BCUT2D eigenvalue weighted by Crippen LogP contribution is -2.23. The number of carbonyl (C=O) groups is 1. The average Bonchev–Trinajstić information content (AvgIpc) is 3.15. The maximum Gasteiger partial charge on any atom is 0.273 e. The summed E-state index contributed by atoms with van der Waals surface area (Å²) in [7, 11) is 0. The van der Waals surface area contributed by atoms with Crippen LogP contribution in [0.25, 0.3) is 11.6 Å². The number of hydrogen-bond acceptors (Lipinski definition) is 5. The number of carbonyl (C=O) groups excluding carboxylic acids is 1. The second kappa shape index (κ2) is 5.68. The molecule has 7 nitrogen and oxygen atoms in total. The first-order chi connectivity index (χ1) is 10.6. The van der Waals surface area contributed by atoms with E-state index in [9.17, 15) is 9.18 Å². The third-order valence-corrected chi connectivity index (χ3v) is 2.99. The van der Waals surface area contributed by atoms with Gasteiger partial charge >= 0.3 is 0 Å². The van der Waals surface area contributed by atoms with Gasteiger partial charge in [-0.15, -0.1) is 0 Å². The summed E-state index contributed by atoms with van der Waals surface area (Å²) in [6.45, 7) is 0.257. The molecule has 0 saturated heterocycles. The molecule has 0 aliphatic heterocycles. The Morgan fingerprint density at radius 1 is 1.36 bits per heavy atom. The van der Waals surface area contributed by atoms with Gasteiger partial charge in [0, 0.05) is 6.54 Å². The first-order valence-corrected chi connectivity index (χ1v) is 6.41. The molecule has 0 saturated carbocycles. The number of nitrogens with zero attached hydrogens (tertiary/aromatic N) is 2. The molecule has 0 aliphatic carbocycles. The number of benzene rings is 1. The third kappa shape index (κ3) is 2.80. The molecule has 0 spiro atoms. The molecule has 3 rings (SSSR count). The number of halogens is 1. The molecule has 0 fully saturated rings. The quantitative estimate of drug-likeness (QED) is 0.679. The lowest BCUT2D eigenvalue weighted by atomic mass is 10.2. The van der Waals surface area contributed by atoms with Gasteiger partial charge in [-0.25, -0.2) is 14.4 Å². The number of anilines is 1. The summed E-state index contributed by atoms with van der Waals surface area (Å²) in [5.74, 6) is -0.312. The van der Waals surface area contributed by atoms with Crippen LogP contribution in [0.15, 0.2) is 41.3 Å². The van der Waals surface area contributed by atoms with Crippen molar-refractivity contribution in [2.75, 3.05) is 5.73 Å². The lowest BCUT2D eigenvalue weighted by Gasteiger charge is -2.02. The van der Waals surface area contributed by atoms with Crippen LogP contribution in [0.4, 0.5) is 10.2 Å². The van der Waals surface area contributed by atoms with E-state index < -0.39 is 5.91 Å². The van der Waals surface area contributed by atoms with Crippen LogP contribution >= 0.6 is 0 Å². The molecule has 0 radical (unpaired) electrons. The van der Waals surface area contributed by atoms with Crippen LogP contribution in [0.1, 0.15) is 16.1 Å². The summed E-state index contributed by atoms with van der Waals surface area (Å²) >= 11 is 0. The van der Waals surface area contributed by atoms with E-state index in [1.165, 1.54) is 24.7 Å². The summed E-state index contributed by atoms with van der Waals surface area (Å²) in [5, 5.41) is 2.67. The summed E-state index contributed by atoms with van der Waals surface area (Å²) < 4.78 is 18.0. The van der Waals surface area contributed by atoms with Gasteiger partial charge in [0.05, 0.1) is 6.33 Å². The van der Waals surface area contributed by atoms with E-state index in [-0.39, 0.29) is 29.8 Å². The monoisotopic (exact) mass is 301 g/mol. The van der Waals surface area contributed by atoms with Crippen LogP contribution in [0.3, 0.4) is 0 Å². The molecular weight excluding hydrogens is 289 g/mol. The highest BCUT2D eigenvalue weighted by Gasteiger charge is 2.16. The van der Waals surface area contributed by atoms with Crippen molar-refractivity contribution in [2.24, 2.45) is 0 Å². The van der Waals surface area contributed by atoms with Gasteiger partial charge in [-0.3, -0.25) is 4.79 Å². The standard InChI is InChI=1S/C14H12FN5O2/c15-9-3-1-8(2-4-9)5-17-13(21)10-6-22-14(20-10)11-12(16)19-7-18-11/h1-4,6-7H,5,16H2,(H,17,21)(H,18,19). The normalized spacial score (nSPS) is 10.6. The van der Waals surface area contributed by atoms with E-state index in [0.717, 1.165) is 5.56 Å². The van der Waals surface area contributed by atoms with Crippen molar-refractivity contribution in [2.45, 2.75) is 6.54 Å². The second-order valence-corrected chi connectivity index (χ2v) is 4.51. The molecule has 3 aromatic rings. The Morgan fingerprint density at radius 3 is 2.82 bits per heavy atom. The number of imidazole rings is 1. The van der Waals surface area contributed by atoms with Crippen molar-refractivity contribution in [3.05, 3.63) is 53.9 Å². The van der Waals surface area contributed by atoms with E-state index in [4.69, 9.17) is 10.2 Å². The van der Waals surface area contributed by atoms with Crippen LogP contribution in [-0.2, 0) is 6.54 Å². The Hall–Kier alpha value is -3.16. The number of aromatic amines is 1. The Bertz CT molecular complexity index is 794. The Kier molecular flexibility index (Phi) is 3.57. The SMILES string of the molecule is Nc1nc[nH]c1-c1nc(C(=O)NCc2ccc(F)cc2)co1. The number of H-pyrrole nitrogens is 1. The van der Waals surface area contributed by atoms with E-state index in [0.29, 0.717) is 5.69 Å². The number of nitrogens with two attached hydrogens (primary N) is 1. The number of rotatable bonds is 4. The molecule has 2 aromatic heterocycles. The van der Waals surface area contributed by atoms with E-state index in [1.807, 2.05) is 0 Å². The predicted molar refractivity (Wildman–Crippen MR) is 76.1 cm³/mol. The fourth-order valence-corrected chi connectivity index (χ4v) is 1.84. The zero-order valence-corrected chi connectivity index (χ0v) is 11.3. The van der Waals surface area contributed by atoms with Crippen molar-refractivity contribution in [1.82, 2.24) is 20.3 Å². The summed E-state index contributed by atoms with van der Waals surface area (Å²) in [6, 6.07) is 5.84. The Morgan fingerprint density at radius 2 is 2.14 bits per heavy atom. The summed E-state index contributed by atoms with van der Waals surface area (Å²) in [4.78, 5) is 22.6. The zero-order valence-electron chi connectivity index (χ0n) is 11.3. The van der Waals surface area contributed by atoms with Crippen molar-refractivity contribution in [3.63, 3.8) is 0 Å². The smallest absolute Gasteiger partial charge is 0.273 e. The molecule has 1 aromatic carbocycles. The molecule has 8 heteroatoms. The van der Waals surface area contributed by atoms with Gasteiger partial charge in [0.1, 0.15) is 17.8 Å². The highest BCUT2D eigenvalue weighted by Crippen LogP contribution is 2.20. The van der Waals surface area contributed by atoms with E-state index in [2.05, 4.69) is 20.3 Å². The van der Waals surface area contributed by atoms with Crippen LogP contribution < -0.4 is 11.1 Å².